The van der Waals surface area contributed by atoms with Crippen molar-refractivity contribution >= 4 is 79.3 Å². The first-order valence-corrected chi connectivity index (χ1v) is 9.50. The van der Waals surface area contributed by atoms with Crippen molar-refractivity contribution in [3.05, 3.63) is 50.3 Å². The van der Waals surface area contributed by atoms with Gasteiger partial charge in [-0.1, -0.05) is 24.3 Å². The van der Waals surface area contributed by atoms with Crippen LogP contribution in [0.1, 0.15) is 0 Å². The highest BCUT2D eigenvalue weighted by molar-refractivity contribution is 9.11. The summed E-state index contributed by atoms with van der Waals surface area (Å²) in [5.74, 6) is 0.637. The summed E-state index contributed by atoms with van der Waals surface area (Å²) in [6.07, 6.45) is 0. The summed E-state index contributed by atoms with van der Waals surface area (Å²) in [7, 11) is 0. The Morgan fingerprint density at radius 1 is 0.773 bits per heavy atom. The second-order valence-corrected chi connectivity index (χ2v) is 7.92. The molecule has 0 fully saturated rings. The van der Waals surface area contributed by atoms with Crippen LogP contribution in [0.2, 0.25) is 0 Å². The number of rotatable bonds is 1. The van der Waals surface area contributed by atoms with Gasteiger partial charge in [-0.2, -0.15) is 4.98 Å². The fourth-order valence-corrected chi connectivity index (χ4v) is 5.21. The molecule has 0 N–H and O–H groups in total. The van der Waals surface area contributed by atoms with Crippen LogP contribution in [0.5, 0.6) is 0 Å². The van der Waals surface area contributed by atoms with Crippen molar-refractivity contribution < 1.29 is 0 Å². The minimum atomic E-state index is 0.509. The minimum absolute atomic E-state index is 0.509. The lowest BCUT2D eigenvalue weighted by molar-refractivity contribution is 0.985. The Morgan fingerprint density at radius 3 is 2.27 bits per heavy atom. The molecule has 2 heterocycles. The van der Waals surface area contributed by atoms with Crippen molar-refractivity contribution in [3.63, 3.8) is 0 Å². The highest BCUT2D eigenvalue weighted by atomic mass is 79.9. The third kappa shape index (κ3) is 2.40. The number of hydrogen-bond donors (Lipinski definition) is 0. The van der Waals surface area contributed by atoms with Crippen molar-refractivity contribution in [2.45, 2.75) is 0 Å². The van der Waals surface area contributed by atoms with Gasteiger partial charge in [0.05, 0.1) is 5.56 Å². The quantitative estimate of drug-likeness (QED) is 0.313. The summed E-state index contributed by atoms with van der Waals surface area (Å²) in [5.41, 5.74) is 0.988. The second kappa shape index (κ2) is 5.63. The highest BCUT2D eigenvalue weighted by Gasteiger charge is 2.16. The van der Waals surface area contributed by atoms with Crippen LogP contribution in [0.25, 0.3) is 31.6 Å². The molecule has 4 aromatic rings. The van der Waals surface area contributed by atoms with Crippen LogP contribution in [0.3, 0.4) is 0 Å². The maximum atomic E-state index is 4.43. The molecule has 0 amide bonds. The van der Waals surface area contributed by atoms with Crippen molar-refractivity contribution in [2.24, 2.45) is 0 Å². The van der Waals surface area contributed by atoms with E-state index in [-0.39, 0.29) is 0 Å². The number of nitrogens with zero attached hydrogens (tertiary/aromatic N) is 3. The molecule has 0 atom stereocenters. The summed E-state index contributed by atoms with van der Waals surface area (Å²) >= 11 is 12.0. The molecular weight excluding hydrogens is 494 g/mol. The van der Waals surface area contributed by atoms with Crippen LogP contribution in [-0.4, -0.2) is 15.0 Å². The zero-order valence-electron chi connectivity index (χ0n) is 10.8. The number of benzene rings is 2. The molecule has 2 aromatic heterocycles. The van der Waals surface area contributed by atoms with Gasteiger partial charge in [-0.05, 0) is 59.9 Å². The summed E-state index contributed by atoms with van der Waals surface area (Å²) in [4.78, 5) is 13.0. The van der Waals surface area contributed by atoms with Crippen LogP contribution in [0, 0.1) is 0 Å². The standard InChI is InChI=1S/C15H6Br3N3S/c16-9-6-5-8-7-3-1-2-4-10(7)22-12(8)11(9)13-19-14(17)21-15(18)20-13/h1-6H. The normalized spacial score (nSPS) is 11.4. The van der Waals surface area contributed by atoms with Crippen LogP contribution in [-0.2, 0) is 0 Å². The Bertz CT molecular complexity index is 1010. The lowest BCUT2D eigenvalue weighted by Gasteiger charge is -2.05. The fourth-order valence-electron chi connectivity index (χ4n) is 2.41. The highest BCUT2D eigenvalue weighted by Crippen LogP contribution is 2.42. The predicted octanol–water partition coefficient (Wildman–Crippen LogP) is 6.19. The zero-order valence-corrected chi connectivity index (χ0v) is 16.4. The van der Waals surface area contributed by atoms with Gasteiger partial charge >= 0.3 is 0 Å². The van der Waals surface area contributed by atoms with Crippen LogP contribution in [0.4, 0.5) is 0 Å². The molecule has 22 heavy (non-hydrogen) atoms. The van der Waals surface area contributed by atoms with E-state index in [4.69, 9.17) is 0 Å². The predicted molar refractivity (Wildman–Crippen MR) is 101 cm³/mol. The van der Waals surface area contributed by atoms with Gasteiger partial charge < -0.3 is 0 Å². The summed E-state index contributed by atoms with van der Waals surface area (Å²) in [6, 6.07) is 12.6. The number of aromatic nitrogens is 3. The van der Waals surface area contributed by atoms with Crippen molar-refractivity contribution in [1.29, 1.82) is 0 Å². The topological polar surface area (TPSA) is 38.7 Å². The van der Waals surface area contributed by atoms with E-state index in [1.807, 2.05) is 6.07 Å². The molecule has 108 valence electrons. The molecule has 7 heteroatoms. The number of thiophene rings is 1. The molecule has 3 nitrogen and oxygen atoms in total. The van der Waals surface area contributed by atoms with Gasteiger partial charge in [-0.15, -0.1) is 11.3 Å². The number of hydrogen-bond acceptors (Lipinski definition) is 4. The molecule has 0 radical (unpaired) electrons. The molecule has 0 saturated heterocycles. The van der Waals surface area contributed by atoms with E-state index in [0.29, 0.717) is 15.3 Å². The lowest BCUT2D eigenvalue weighted by Crippen LogP contribution is -1.95. The Morgan fingerprint density at radius 2 is 1.50 bits per heavy atom. The summed E-state index contributed by atoms with van der Waals surface area (Å²) in [6.45, 7) is 0. The molecule has 0 unspecified atom stereocenters. The van der Waals surface area contributed by atoms with Gasteiger partial charge in [0.25, 0.3) is 0 Å². The Kier molecular flexibility index (Phi) is 3.76. The zero-order chi connectivity index (χ0) is 15.3. The third-order valence-electron chi connectivity index (χ3n) is 3.30. The smallest absolute Gasteiger partial charge is 0.201 e. The maximum absolute atomic E-state index is 4.43. The molecule has 0 aliphatic rings. The molecule has 0 bridgehead atoms. The molecule has 2 aromatic carbocycles. The third-order valence-corrected chi connectivity index (χ3v) is 5.87. The van der Waals surface area contributed by atoms with E-state index in [1.165, 1.54) is 20.2 Å². The molecular formula is C15H6Br3N3S. The first-order chi connectivity index (χ1) is 10.6. The van der Waals surface area contributed by atoms with E-state index in [1.54, 1.807) is 11.3 Å². The van der Waals surface area contributed by atoms with E-state index in [9.17, 15) is 0 Å². The van der Waals surface area contributed by atoms with Gasteiger partial charge in [0.1, 0.15) is 0 Å². The first-order valence-electron chi connectivity index (χ1n) is 6.30. The molecule has 0 saturated carbocycles. The molecule has 4 rings (SSSR count). The van der Waals surface area contributed by atoms with Crippen LogP contribution >= 0.6 is 59.1 Å². The average molecular weight is 500 g/mol. The summed E-state index contributed by atoms with van der Waals surface area (Å²) in [5, 5.41) is 2.47. The molecule has 0 aliphatic carbocycles. The van der Waals surface area contributed by atoms with Gasteiger partial charge in [-0.25, -0.2) is 9.97 Å². The Hall–Kier alpha value is -0.890. The van der Waals surface area contributed by atoms with Gasteiger partial charge in [0.15, 0.2) is 5.82 Å². The van der Waals surface area contributed by atoms with Gasteiger partial charge in [0, 0.05) is 24.6 Å². The monoisotopic (exact) mass is 497 g/mol. The van der Waals surface area contributed by atoms with Crippen LogP contribution < -0.4 is 0 Å². The Balaban J connectivity index is 2.14. The van der Waals surface area contributed by atoms with E-state index in [2.05, 4.69) is 93.1 Å². The fraction of sp³-hybridized carbons (Fsp3) is 0. The Labute approximate surface area is 155 Å². The van der Waals surface area contributed by atoms with Gasteiger partial charge in [0.2, 0.25) is 9.47 Å². The van der Waals surface area contributed by atoms with E-state index < -0.39 is 0 Å². The van der Waals surface area contributed by atoms with E-state index in [0.717, 1.165) is 10.0 Å². The van der Waals surface area contributed by atoms with Crippen molar-refractivity contribution in [2.75, 3.05) is 0 Å². The first kappa shape index (κ1) is 14.7. The maximum Gasteiger partial charge on any atom is 0.201 e. The summed E-state index contributed by atoms with van der Waals surface area (Å²) < 4.78 is 4.41. The minimum Gasteiger partial charge on any atom is -0.202 e. The largest absolute Gasteiger partial charge is 0.202 e. The SMILES string of the molecule is Brc1nc(Br)nc(-c2c(Br)ccc3c2sc2ccccc23)n1. The second-order valence-electron chi connectivity index (χ2n) is 4.59. The van der Waals surface area contributed by atoms with E-state index >= 15 is 0 Å². The molecule has 0 spiro atoms. The lowest BCUT2D eigenvalue weighted by atomic mass is 10.1. The van der Waals surface area contributed by atoms with Crippen molar-refractivity contribution in [3.8, 4) is 11.4 Å². The molecule has 0 aliphatic heterocycles. The average Bonchev–Trinajstić information content (AvgIpc) is 2.84. The van der Waals surface area contributed by atoms with Crippen LogP contribution in [0.15, 0.2) is 50.3 Å². The van der Waals surface area contributed by atoms with Crippen molar-refractivity contribution in [1.82, 2.24) is 15.0 Å². The number of halogens is 3. The van der Waals surface area contributed by atoms with Gasteiger partial charge in [-0.3, -0.25) is 0 Å². The number of fused-ring (bicyclic) bond motifs is 3.